The molecule has 0 saturated carbocycles. The highest BCUT2D eigenvalue weighted by Gasteiger charge is 2.22. The molecule has 0 unspecified atom stereocenters. The summed E-state index contributed by atoms with van der Waals surface area (Å²) >= 11 is 0. The quantitative estimate of drug-likeness (QED) is 0.549. The van der Waals surface area contributed by atoms with Crippen LogP contribution in [-0.2, 0) is 0 Å². The zero-order valence-electron chi connectivity index (χ0n) is 10.9. The summed E-state index contributed by atoms with van der Waals surface area (Å²) in [6, 6.07) is 5.91. The highest BCUT2D eigenvalue weighted by molar-refractivity contribution is 5.88. The van der Waals surface area contributed by atoms with Crippen molar-refractivity contribution in [1.82, 2.24) is 0 Å². The largest absolute Gasteiger partial charge is 0.508 e. The molecule has 1 aromatic heterocycles. The molecule has 3 rings (SSSR count). The first-order chi connectivity index (χ1) is 10.4. The maximum atomic E-state index is 13.9. The summed E-state index contributed by atoms with van der Waals surface area (Å²) in [5.74, 6) is -4.05. The summed E-state index contributed by atoms with van der Waals surface area (Å²) in [7, 11) is 0. The zero-order chi connectivity index (χ0) is 16.0. The molecule has 0 bridgehead atoms. The summed E-state index contributed by atoms with van der Waals surface area (Å²) < 4.78 is 19.1. The number of fused-ring (bicyclic) bond motifs is 1. The Bertz CT molecular complexity index is 943. The minimum absolute atomic E-state index is 0.0483. The van der Waals surface area contributed by atoms with Gasteiger partial charge >= 0.3 is 0 Å². The van der Waals surface area contributed by atoms with E-state index in [0.717, 1.165) is 0 Å². The van der Waals surface area contributed by atoms with Gasteiger partial charge in [-0.2, -0.15) is 4.39 Å². The monoisotopic (exact) mass is 304 g/mol. The van der Waals surface area contributed by atoms with Crippen molar-refractivity contribution in [2.75, 3.05) is 0 Å². The smallest absolute Gasteiger partial charge is 0.238 e. The SMILES string of the molecule is O=c1c(O)c(-c2ccc(O)cc2)oc2c(F)c(O)cc(O)c12. The second-order valence-corrected chi connectivity index (χ2v) is 4.59. The number of halogens is 1. The van der Waals surface area contributed by atoms with Gasteiger partial charge in [0.2, 0.25) is 17.0 Å². The normalized spacial score (nSPS) is 11.0. The van der Waals surface area contributed by atoms with Crippen LogP contribution in [0.15, 0.2) is 39.5 Å². The molecule has 0 atom stereocenters. The van der Waals surface area contributed by atoms with Crippen LogP contribution in [0.25, 0.3) is 22.3 Å². The number of aromatic hydroxyl groups is 4. The average Bonchev–Trinajstić information content (AvgIpc) is 2.48. The average molecular weight is 304 g/mol. The number of hydrogen-bond acceptors (Lipinski definition) is 6. The van der Waals surface area contributed by atoms with Gasteiger partial charge < -0.3 is 24.8 Å². The number of benzene rings is 2. The molecular formula is C15H9FO6. The number of phenols is 3. The Kier molecular flexibility index (Phi) is 2.91. The van der Waals surface area contributed by atoms with Crippen LogP contribution in [0.5, 0.6) is 23.0 Å². The first-order valence-corrected chi connectivity index (χ1v) is 6.09. The zero-order valence-corrected chi connectivity index (χ0v) is 10.9. The molecule has 0 spiro atoms. The molecule has 112 valence electrons. The fourth-order valence-corrected chi connectivity index (χ4v) is 2.10. The van der Waals surface area contributed by atoms with Crippen molar-refractivity contribution < 1.29 is 29.2 Å². The predicted molar refractivity (Wildman–Crippen MR) is 74.5 cm³/mol. The van der Waals surface area contributed by atoms with Crippen LogP contribution in [0.2, 0.25) is 0 Å². The Morgan fingerprint density at radius 2 is 1.59 bits per heavy atom. The third kappa shape index (κ3) is 1.91. The van der Waals surface area contributed by atoms with E-state index >= 15 is 0 Å². The molecule has 3 aromatic rings. The van der Waals surface area contributed by atoms with Crippen molar-refractivity contribution in [2.45, 2.75) is 0 Å². The number of phenolic OH excluding ortho intramolecular Hbond substituents is 3. The van der Waals surface area contributed by atoms with Crippen LogP contribution in [0, 0.1) is 5.82 Å². The first-order valence-electron chi connectivity index (χ1n) is 6.09. The van der Waals surface area contributed by atoms with E-state index in [1.807, 2.05) is 0 Å². The summed E-state index contributed by atoms with van der Waals surface area (Å²) in [5, 5.41) is 37.6. The maximum absolute atomic E-state index is 13.9. The van der Waals surface area contributed by atoms with Crippen molar-refractivity contribution in [3.63, 3.8) is 0 Å². The van der Waals surface area contributed by atoms with Gasteiger partial charge in [-0.3, -0.25) is 4.79 Å². The third-order valence-corrected chi connectivity index (χ3v) is 3.17. The van der Waals surface area contributed by atoms with E-state index < -0.39 is 39.5 Å². The van der Waals surface area contributed by atoms with Gasteiger partial charge in [0.1, 0.15) is 16.9 Å². The first kappa shape index (κ1) is 13.7. The van der Waals surface area contributed by atoms with Gasteiger partial charge in [-0.15, -0.1) is 0 Å². The molecule has 22 heavy (non-hydrogen) atoms. The molecule has 7 heteroatoms. The second-order valence-electron chi connectivity index (χ2n) is 4.59. The molecule has 4 N–H and O–H groups in total. The number of rotatable bonds is 1. The topological polar surface area (TPSA) is 111 Å². The Hall–Kier alpha value is -3.22. The van der Waals surface area contributed by atoms with Gasteiger partial charge in [0.25, 0.3) is 0 Å². The van der Waals surface area contributed by atoms with E-state index in [0.29, 0.717) is 6.07 Å². The molecule has 0 fully saturated rings. The van der Waals surface area contributed by atoms with Crippen LogP contribution < -0.4 is 5.43 Å². The Balaban J connectivity index is 2.43. The molecule has 0 radical (unpaired) electrons. The summed E-state index contributed by atoms with van der Waals surface area (Å²) in [6.45, 7) is 0. The Morgan fingerprint density at radius 3 is 2.23 bits per heavy atom. The lowest BCUT2D eigenvalue weighted by Crippen LogP contribution is -2.04. The Labute approximate surface area is 121 Å². The van der Waals surface area contributed by atoms with E-state index in [9.17, 15) is 29.6 Å². The minimum Gasteiger partial charge on any atom is -0.508 e. The second kappa shape index (κ2) is 4.66. The van der Waals surface area contributed by atoms with Crippen LogP contribution in [0.3, 0.4) is 0 Å². The van der Waals surface area contributed by atoms with Gasteiger partial charge in [-0.05, 0) is 24.3 Å². The standard InChI is InChI=1S/C15H9FO6/c16-11-9(19)5-8(18)10-12(20)13(21)14(22-15(10)11)6-1-3-7(17)4-2-6/h1-5,17-19,21H. The van der Waals surface area contributed by atoms with Crippen molar-refractivity contribution in [1.29, 1.82) is 0 Å². The molecule has 0 amide bonds. The van der Waals surface area contributed by atoms with Gasteiger partial charge in [-0.25, -0.2) is 0 Å². The van der Waals surface area contributed by atoms with Crippen LogP contribution in [0.1, 0.15) is 0 Å². The lowest BCUT2D eigenvalue weighted by molar-refractivity contribution is 0.411. The highest BCUT2D eigenvalue weighted by Crippen LogP contribution is 2.37. The lowest BCUT2D eigenvalue weighted by Gasteiger charge is -2.08. The van der Waals surface area contributed by atoms with Gasteiger partial charge in [-0.1, -0.05) is 0 Å². The van der Waals surface area contributed by atoms with Gasteiger partial charge in [0, 0.05) is 11.6 Å². The van der Waals surface area contributed by atoms with Crippen LogP contribution in [0.4, 0.5) is 4.39 Å². The Morgan fingerprint density at radius 1 is 0.955 bits per heavy atom. The lowest BCUT2D eigenvalue weighted by atomic mass is 10.1. The van der Waals surface area contributed by atoms with Crippen molar-refractivity contribution in [3.8, 4) is 34.3 Å². The van der Waals surface area contributed by atoms with E-state index in [1.54, 1.807) is 0 Å². The third-order valence-electron chi connectivity index (χ3n) is 3.17. The molecule has 6 nitrogen and oxygen atoms in total. The minimum atomic E-state index is -1.23. The molecule has 0 saturated heterocycles. The molecule has 0 aliphatic rings. The fraction of sp³-hybridized carbons (Fsp3) is 0. The maximum Gasteiger partial charge on any atom is 0.238 e. The molecular weight excluding hydrogens is 295 g/mol. The van der Waals surface area contributed by atoms with Crippen LogP contribution >= 0.6 is 0 Å². The number of hydrogen-bond donors (Lipinski definition) is 4. The van der Waals surface area contributed by atoms with E-state index in [2.05, 4.69) is 0 Å². The van der Waals surface area contributed by atoms with E-state index in [-0.39, 0.29) is 17.1 Å². The van der Waals surface area contributed by atoms with Gasteiger partial charge in [0.05, 0.1) is 0 Å². The van der Waals surface area contributed by atoms with E-state index in [1.165, 1.54) is 24.3 Å². The van der Waals surface area contributed by atoms with Crippen LogP contribution in [-0.4, -0.2) is 20.4 Å². The molecule has 1 heterocycles. The van der Waals surface area contributed by atoms with Crippen molar-refractivity contribution in [2.24, 2.45) is 0 Å². The summed E-state index contributed by atoms with van der Waals surface area (Å²) in [5.41, 5.74) is -1.51. The van der Waals surface area contributed by atoms with Crippen molar-refractivity contribution >= 4 is 11.0 Å². The van der Waals surface area contributed by atoms with E-state index in [4.69, 9.17) is 4.42 Å². The predicted octanol–water partition coefficient (Wildman–Crippen LogP) is 2.42. The molecule has 0 aliphatic carbocycles. The fourth-order valence-electron chi connectivity index (χ4n) is 2.10. The molecule has 0 aliphatic heterocycles. The highest BCUT2D eigenvalue weighted by atomic mass is 19.1. The van der Waals surface area contributed by atoms with Gasteiger partial charge in [0.15, 0.2) is 17.1 Å². The molecule has 2 aromatic carbocycles. The van der Waals surface area contributed by atoms with Crippen molar-refractivity contribution in [3.05, 3.63) is 46.4 Å². The summed E-state index contributed by atoms with van der Waals surface area (Å²) in [6.07, 6.45) is 0. The summed E-state index contributed by atoms with van der Waals surface area (Å²) in [4.78, 5) is 12.1.